The Hall–Kier alpha value is -0.630. The molecule has 0 aromatic carbocycles. The molecule has 1 heterocycles. The fourth-order valence-corrected chi connectivity index (χ4v) is 2.04. The Morgan fingerprint density at radius 3 is 2.53 bits per heavy atom. The van der Waals surface area contributed by atoms with Crippen LogP contribution in [-0.2, 0) is 4.74 Å². The van der Waals surface area contributed by atoms with E-state index in [9.17, 15) is 0 Å². The lowest BCUT2D eigenvalue weighted by molar-refractivity contribution is 0.0370. The average molecular weight is 239 g/mol. The van der Waals surface area contributed by atoms with Gasteiger partial charge in [0.15, 0.2) is 0 Å². The minimum atomic E-state index is -0.0314. The van der Waals surface area contributed by atoms with Gasteiger partial charge in [0.2, 0.25) is 0 Å². The van der Waals surface area contributed by atoms with E-state index in [1.165, 1.54) is 0 Å². The van der Waals surface area contributed by atoms with Gasteiger partial charge in [-0.1, -0.05) is 0 Å². The molecule has 0 aromatic heterocycles. The van der Waals surface area contributed by atoms with Crippen molar-refractivity contribution in [2.24, 2.45) is 0 Å². The Labute approximate surface area is 105 Å². The molecule has 1 fully saturated rings. The van der Waals surface area contributed by atoms with Gasteiger partial charge in [-0.3, -0.25) is 10.2 Å². The van der Waals surface area contributed by atoms with Crippen LogP contribution in [0.4, 0.5) is 0 Å². The van der Waals surface area contributed by atoms with E-state index in [-0.39, 0.29) is 11.6 Å². The third-order valence-electron chi connectivity index (χ3n) is 2.83. The second-order valence-corrected chi connectivity index (χ2v) is 5.67. The van der Waals surface area contributed by atoms with Crippen molar-refractivity contribution in [1.29, 1.82) is 5.26 Å². The summed E-state index contributed by atoms with van der Waals surface area (Å²) in [5.41, 5.74) is 0.0133. The molecular weight excluding hydrogens is 214 g/mol. The van der Waals surface area contributed by atoms with Gasteiger partial charge in [0.05, 0.1) is 25.3 Å². The van der Waals surface area contributed by atoms with Crippen LogP contribution in [0.2, 0.25) is 0 Å². The number of morpholine rings is 1. The predicted molar refractivity (Wildman–Crippen MR) is 68.8 cm³/mol. The number of rotatable bonds is 5. The van der Waals surface area contributed by atoms with E-state index in [1.54, 1.807) is 0 Å². The number of nitriles is 1. The smallest absolute Gasteiger partial charge is 0.0957 e. The van der Waals surface area contributed by atoms with Gasteiger partial charge in [0.1, 0.15) is 0 Å². The van der Waals surface area contributed by atoms with Crippen LogP contribution in [0.3, 0.4) is 0 Å². The topological polar surface area (TPSA) is 48.3 Å². The molecule has 1 N–H and O–H groups in total. The molecule has 1 rings (SSSR count). The first kappa shape index (κ1) is 14.4. The monoisotopic (exact) mass is 239 g/mol. The largest absolute Gasteiger partial charge is 0.379 e. The van der Waals surface area contributed by atoms with Crippen LogP contribution in [0, 0.1) is 11.3 Å². The maximum Gasteiger partial charge on any atom is 0.0957 e. The van der Waals surface area contributed by atoms with Crippen molar-refractivity contribution in [2.45, 2.75) is 45.2 Å². The average Bonchev–Trinajstić information content (AvgIpc) is 2.27. The van der Waals surface area contributed by atoms with Gasteiger partial charge in [0.25, 0.3) is 0 Å². The number of hydrogen-bond donors (Lipinski definition) is 1. The number of hydrogen-bond acceptors (Lipinski definition) is 4. The molecule has 0 spiro atoms. The van der Waals surface area contributed by atoms with Crippen LogP contribution in [0.15, 0.2) is 0 Å². The Kier molecular flexibility index (Phi) is 5.90. The Morgan fingerprint density at radius 2 is 2.00 bits per heavy atom. The number of nitrogens with zero attached hydrogens (tertiary/aromatic N) is 2. The molecule has 1 atom stereocenters. The van der Waals surface area contributed by atoms with Crippen LogP contribution >= 0.6 is 0 Å². The first-order valence-corrected chi connectivity index (χ1v) is 6.49. The Balaban J connectivity index is 2.17. The van der Waals surface area contributed by atoms with Crippen molar-refractivity contribution in [3.05, 3.63) is 0 Å². The van der Waals surface area contributed by atoms with Crippen molar-refractivity contribution < 1.29 is 4.74 Å². The minimum absolute atomic E-state index is 0.0133. The molecule has 0 radical (unpaired) electrons. The molecule has 1 aliphatic rings. The molecule has 17 heavy (non-hydrogen) atoms. The second-order valence-electron chi connectivity index (χ2n) is 5.67. The minimum Gasteiger partial charge on any atom is -0.379 e. The lowest BCUT2D eigenvalue weighted by Gasteiger charge is -2.28. The highest BCUT2D eigenvalue weighted by Crippen LogP contribution is 2.07. The van der Waals surface area contributed by atoms with E-state index in [1.807, 2.05) is 0 Å². The normalized spacial score (nSPS) is 19.9. The molecule has 4 nitrogen and oxygen atoms in total. The number of nitrogens with one attached hydrogen (secondary N) is 1. The summed E-state index contributed by atoms with van der Waals surface area (Å²) in [6.07, 6.45) is 1.99. The SMILES string of the molecule is CC(C)(C)NC(C#N)CCCN1CCOCC1. The van der Waals surface area contributed by atoms with Gasteiger partial charge in [0, 0.05) is 18.6 Å². The zero-order chi connectivity index (χ0) is 12.7. The van der Waals surface area contributed by atoms with Crippen LogP contribution in [-0.4, -0.2) is 49.3 Å². The summed E-state index contributed by atoms with van der Waals surface area (Å²) in [6.45, 7) is 11.1. The summed E-state index contributed by atoms with van der Waals surface area (Å²) in [7, 11) is 0. The van der Waals surface area contributed by atoms with Crippen molar-refractivity contribution >= 4 is 0 Å². The van der Waals surface area contributed by atoms with E-state index < -0.39 is 0 Å². The van der Waals surface area contributed by atoms with Gasteiger partial charge in [-0.25, -0.2) is 0 Å². The quantitative estimate of drug-likeness (QED) is 0.787. The van der Waals surface area contributed by atoms with Crippen molar-refractivity contribution in [3.63, 3.8) is 0 Å². The van der Waals surface area contributed by atoms with Crippen molar-refractivity contribution in [1.82, 2.24) is 10.2 Å². The Bertz CT molecular complexity index is 248. The van der Waals surface area contributed by atoms with Crippen molar-refractivity contribution in [3.8, 4) is 6.07 Å². The molecule has 1 saturated heterocycles. The van der Waals surface area contributed by atoms with Crippen LogP contribution in [0.25, 0.3) is 0 Å². The van der Waals surface area contributed by atoms with Gasteiger partial charge in [-0.15, -0.1) is 0 Å². The molecule has 1 unspecified atom stereocenters. The van der Waals surface area contributed by atoms with Crippen LogP contribution in [0.1, 0.15) is 33.6 Å². The summed E-state index contributed by atoms with van der Waals surface area (Å²) in [5.74, 6) is 0. The summed E-state index contributed by atoms with van der Waals surface area (Å²) in [4.78, 5) is 2.41. The first-order valence-electron chi connectivity index (χ1n) is 6.49. The standard InChI is InChI=1S/C13H25N3O/c1-13(2,3)15-12(11-14)5-4-6-16-7-9-17-10-8-16/h12,15H,4-10H2,1-3H3. The molecule has 0 saturated carbocycles. The van der Waals surface area contributed by atoms with Gasteiger partial charge >= 0.3 is 0 Å². The van der Waals surface area contributed by atoms with E-state index in [4.69, 9.17) is 10.00 Å². The third-order valence-corrected chi connectivity index (χ3v) is 2.83. The van der Waals surface area contributed by atoms with E-state index in [0.29, 0.717) is 0 Å². The third kappa shape index (κ3) is 6.62. The molecule has 4 heteroatoms. The highest BCUT2D eigenvalue weighted by Gasteiger charge is 2.17. The summed E-state index contributed by atoms with van der Waals surface area (Å²) >= 11 is 0. The zero-order valence-electron chi connectivity index (χ0n) is 11.3. The van der Waals surface area contributed by atoms with Gasteiger partial charge in [-0.05, 0) is 40.2 Å². The molecular formula is C13H25N3O. The molecule has 0 aliphatic carbocycles. The van der Waals surface area contributed by atoms with Crippen LogP contribution in [0.5, 0.6) is 0 Å². The van der Waals surface area contributed by atoms with Crippen molar-refractivity contribution in [2.75, 3.05) is 32.8 Å². The van der Waals surface area contributed by atoms with Gasteiger partial charge < -0.3 is 4.74 Å². The fourth-order valence-electron chi connectivity index (χ4n) is 2.04. The summed E-state index contributed by atoms with van der Waals surface area (Å²) in [6, 6.07) is 2.31. The first-order chi connectivity index (χ1) is 8.01. The molecule has 98 valence electrons. The predicted octanol–water partition coefficient (Wildman–Crippen LogP) is 1.38. The highest BCUT2D eigenvalue weighted by atomic mass is 16.5. The summed E-state index contributed by atoms with van der Waals surface area (Å²) < 4.78 is 5.31. The fraction of sp³-hybridized carbons (Fsp3) is 0.923. The van der Waals surface area contributed by atoms with E-state index >= 15 is 0 Å². The zero-order valence-corrected chi connectivity index (χ0v) is 11.3. The summed E-state index contributed by atoms with van der Waals surface area (Å²) in [5, 5.41) is 12.4. The lowest BCUT2D eigenvalue weighted by atomic mass is 10.0. The maximum atomic E-state index is 9.08. The van der Waals surface area contributed by atoms with Crippen LogP contribution < -0.4 is 5.32 Å². The molecule has 0 bridgehead atoms. The molecule has 1 aliphatic heterocycles. The van der Waals surface area contributed by atoms with E-state index in [0.717, 1.165) is 45.7 Å². The maximum absolute atomic E-state index is 9.08. The van der Waals surface area contributed by atoms with E-state index in [2.05, 4.69) is 37.1 Å². The second kappa shape index (κ2) is 6.95. The Morgan fingerprint density at radius 1 is 1.35 bits per heavy atom. The number of ether oxygens (including phenoxy) is 1. The highest BCUT2D eigenvalue weighted by molar-refractivity contribution is 4.93. The lowest BCUT2D eigenvalue weighted by Crippen LogP contribution is -2.43. The molecule has 0 aromatic rings. The molecule has 0 amide bonds. The van der Waals surface area contributed by atoms with Gasteiger partial charge in [-0.2, -0.15) is 5.26 Å².